The van der Waals surface area contributed by atoms with E-state index in [1.165, 1.54) is 12.1 Å². The molecular formula is C23H31N3O5S. The molecule has 0 fully saturated rings. The van der Waals surface area contributed by atoms with E-state index in [9.17, 15) is 18.0 Å². The van der Waals surface area contributed by atoms with Crippen molar-refractivity contribution in [1.29, 1.82) is 0 Å². The molecule has 0 bridgehead atoms. The van der Waals surface area contributed by atoms with Crippen molar-refractivity contribution in [2.45, 2.75) is 50.5 Å². The highest BCUT2D eigenvalue weighted by Crippen LogP contribution is 2.22. The summed E-state index contributed by atoms with van der Waals surface area (Å²) in [7, 11) is -3.82. The fourth-order valence-corrected chi connectivity index (χ4v) is 4.05. The molecule has 0 saturated heterocycles. The van der Waals surface area contributed by atoms with E-state index >= 15 is 0 Å². The summed E-state index contributed by atoms with van der Waals surface area (Å²) >= 11 is 0. The van der Waals surface area contributed by atoms with Crippen LogP contribution >= 0.6 is 0 Å². The van der Waals surface area contributed by atoms with Gasteiger partial charge in [-0.2, -0.15) is 0 Å². The number of amides is 2. The molecule has 2 amide bonds. The highest BCUT2D eigenvalue weighted by molar-refractivity contribution is 7.89. The van der Waals surface area contributed by atoms with Crippen molar-refractivity contribution in [1.82, 2.24) is 10.0 Å². The number of hydrogen-bond donors (Lipinski definition) is 3. The van der Waals surface area contributed by atoms with Crippen LogP contribution in [0.2, 0.25) is 0 Å². The van der Waals surface area contributed by atoms with Gasteiger partial charge in [0.25, 0.3) is 0 Å². The van der Waals surface area contributed by atoms with Crippen molar-refractivity contribution in [2.24, 2.45) is 0 Å². The van der Waals surface area contributed by atoms with Gasteiger partial charge in [0.15, 0.2) is 0 Å². The number of carbonyl (C=O) groups excluding carboxylic acids is 2. The van der Waals surface area contributed by atoms with Gasteiger partial charge in [0.2, 0.25) is 15.9 Å². The summed E-state index contributed by atoms with van der Waals surface area (Å²) < 4.78 is 32.7. The molecule has 2 aromatic rings. The van der Waals surface area contributed by atoms with Crippen LogP contribution in [0.15, 0.2) is 59.5 Å². The Labute approximate surface area is 189 Å². The first-order chi connectivity index (χ1) is 15.0. The van der Waals surface area contributed by atoms with Gasteiger partial charge in [0, 0.05) is 18.8 Å². The molecule has 9 heteroatoms. The molecule has 0 radical (unpaired) electrons. The van der Waals surface area contributed by atoms with Crippen LogP contribution in [0.3, 0.4) is 0 Å². The van der Waals surface area contributed by atoms with Crippen molar-refractivity contribution < 1.29 is 22.7 Å². The number of carbonyl (C=O) groups is 2. The van der Waals surface area contributed by atoms with E-state index in [1.807, 2.05) is 37.3 Å². The molecule has 32 heavy (non-hydrogen) atoms. The number of sulfonamides is 1. The molecule has 0 unspecified atom stereocenters. The van der Waals surface area contributed by atoms with Crippen molar-refractivity contribution in [3.05, 3.63) is 60.2 Å². The zero-order chi connectivity index (χ0) is 23.8. The molecule has 0 aliphatic rings. The highest BCUT2D eigenvalue weighted by atomic mass is 32.2. The molecule has 2 aromatic carbocycles. The van der Waals surface area contributed by atoms with Gasteiger partial charge in [-0.3, -0.25) is 4.79 Å². The third kappa shape index (κ3) is 7.97. The van der Waals surface area contributed by atoms with Crippen LogP contribution in [0.4, 0.5) is 10.5 Å². The van der Waals surface area contributed by atoms with Crippen molar-refractivity contribution in [3.8, 4) is 0 Å². The second kappa shape index (κ2) is 11.1. The van der Waals surface area contributed by atoms with Gasteiger partial charge < -0.3 is 15.4 Å². The second-order valence-electron chi connectivity index (χ2n) is 8.22. The Kier molecular flexibility index (Phi) is 8.80. The predicted molar refractivity (Wildman–Crippen MR) is 124 cm³/mol. The summed E-state index contributed by atoms with van der Waals surface area (Å²) in [5, 5.41) is 5.29. The fourth-order valence-electron chi connectivity index (χ4n) is 2.98. The number of benzene rings is 2. The Hall–Kier alpha value is -2.91. The SMILES string of the molecule is CC[C@H](C(=O)Nc1cccc(S(=O)(=O)NCCNC(=O)OC(C)(C)C)c1)c1ccccc1. The van der Waals surface area contributed by atoms with Gasteiger partial charge in [-0.05, 0) is 51.0 Å². The molecule has 0 spiro atoms. The molecule has 1 atom stereocenters. The number of rotatable bonds is 9. The molecular weight excluding hydrogens is 430 g/mol. The van der Waals surface area contributed by atoms with Gasteiger partial charge in [-0.15, -0.1) is 0 Å². The van der Waals surface area contributed by atoms with Crippen LogP contribution in [0, 0.1) is 0 Å². The Morgan fingerprint density at radius 3 is 2.31 bits per heavy atom. The summed E-state index contributed by atoms with van der Waals surface area (Å²) in [6, 6.07) is 15.5. The molecule has 0 saturated carbocycles. The molecule has 0 aliphatic heterocycles. The molecule has 8 nitrogen and oxygen atoms in total. The molecule has 2 rings (SSSR count). The van der Waals surface area contributed by atoms with Crippen molar-refractivity contribution in [2.75, 3.05) is 18.4 Å². The van der Waals surface area contributed by atoms with Gasteiger partial charge >= 0.3 is 6.09 Å². The Morgan fingerprint density at radius 1 is 1.00 bits per heavy atom. The van der Waals surface area contributed by atoms with Crippen molar-refractivity contribution in [3.63, 3.8) is 0 Å². The van der Waals surface area contributed by atoms with Gasteiger partial charge in [-0.1, -0.05) is 43.3 Å². The minimum Gasteiger partial charge on any atom is -0.444 e. The first-order valence-corrected chi connectivity index (χ1v) is 11.9. The summed E-state index contributed by atoms with van der Waals surface area (Å²) in [6.07, 6.45) is -0.00894. The lowest BCUT2D eigenvalue weighted by Crippen LogP contribution is -2.37. The molecule has 0 aromatic heterocycles. The largest absolute Gasteiger partial charge is 0.444 e. The lowest BCUT2D eigenvalue weighted by molar-refractivity contribution is -0.117. The maximum atomic E-state index is 12.8. The second-order valence-corrected chi connectivity index (χ2v) is 9.98. The maximum Gasteiger partial charge on any atom is 0.407 e. The first-order valence-electron chi connectivity index (χ1n) is 10.4. The normalized spacial score (nSPS) is 12.6. The number of hydrogen-bond acceptors (Lipinski definition) is 5. The fraction of sp³-hybridized carbons (Fsp3) is 0.391. The van der Waals surface area contributed by atoms with E-state index < -0.39 is 21.7 Å². The van der Waals surface area contributed by atoms with Gasteiger partial charge in [-0.25, -0.2) is 17.9 Å². The standard InChI is InChI=1S/C23H31N3O5S/c1-5-20(17-10-7-6-8-11-17)21(27)26-18-12-9-13-19(16-18)32(29,30)25-15-14-24-22(28)31-23(2,3)4/h6-13,16,20,25H,5,14-15H2,1-4H3,(H,24,28)(H,26,27)/t20-/m0/s1. The number of anilines is 1. The summed E-state index contributed by atoms with van der Waals surface area (Å²) in [5.41, 5.74) is 0.653. The minimum atomic E-state index is -3.82. The van der Waals surface area contributed by atoms with Crippen LogP contribution in [0.1, 0.15) is 45.6 Å². The van der Waals surface area contributed by atoms with E-state index in [0.29, 0.717) is 12.1 Å². The van der Waals surface area contributed by atoms with Crippen LogP contribution in [-0.2, 0) is 19.6 Å². The summed E-state index contributed by atoms with van der Waals surface area (Å²) in [6.45, 7) is 7.20. The van der Waals surface area contributed by atoms with E-state index in [-0.39, 0.29) is 29.8 Å². The summed E-state index contributed by atoms with van der Waals surface area (Å²) in [4.78, 5) is 24.4. The third-order valence-electron chi connectivity index (χ3n) is 4.42. The topological polar surface area (TPSA) is 114 Å². The van der Waals surface area contributed by atoms with Crippen LogP contribution in [-0.4, -0.2) is 39.1 Å². The average Bonchev–Trinajstić information content (AvgIpc) is 2.71. The Bertz CT molecular complexity index is 1020. The Balaban J connectivity index is 1.97. The van der Waals surface area contributed by atoms with Crippen molar-refractivity contribution >= 4 is 27.7 Å². The Morgan fingerprint density at radius 2 is 1.69 bits per heavy atom. The smallest absolute Gasteiger partial charge is 0.407 e. The average molecular weight is 462 g/mol. The van der Waals surface area contributed by atoms with Crippen LogP contribution < -0.4 is 15.4 Å². The highest BCUT2D eigenvalue weighted by Gasteiger charge is 2.20. The molecule has 0 aliphatic carbocycles. The first kappa shape index (κ1) is 25.4. The quantitative estimate of drug-likeness (QED) is 0.494. The molecule has 3 N–H and O–H groups in total. The van der Waals surface area contributed by atoms with E-state index in [1.54, 1.807) is 32.9 Å². The van der Waals surface area contributed by atoms with Crippen LogP contribution in [0.5, 0.6) is 0 Å². The van der Waals surface area contributed by atoms with Gasteiger partial charge in [0.05, 0.1) is 10.8 Å². The number of ether oxygens (including phenoxy) is 1. The maximum absolute atomic E-state index is 12.8. The van der Waals surface area contributed by atoms with Crippen LogP contribution in [0.25, 0.3) is 0 Å². The minimum absolute atomic E-state index is 0.00984. The van der Waals surface area contributed by atoms with E-state index in [4.69, 9.17) is 4.74 Å². The lowest BCUT2D eigenvalue weighted by atomic mass is 9.95. The zero-order valence-electron chi connectivity index (χ0n) is 18.8. The monoisotopic (exact) mass is 461 g/mol. The molecule has 0 heterocycles. The van der Waals surface area contributed by atoms with E-state index in [0.717, 1.165) is 5.56 Å². The number of alkyl carbamates (subject to hydrolysis) is 1. The predicted octanol–water partition coefficient (Wildman–Crippen LogP) is 3.62. The van der Waals surface area contributed by atoms with Gasteiger partial charge in [0.1, 0.15) is 5.60 Å². The lowest BCUT2D eigenvalue weighted by Gasteiger charge is -2.19. The zero-order valence-corrected chi connectivity index (χ0v) is 19.7. The number of nitrogens with one attached hydrogen (secondary N) is 3. The molecule has 174 valence electrons. The third-order valence-corrected chi connectivity index (χ3v) is 5.88. The summed E-state index contributed by atoms with van der Waals surface area (Å²) in [5.74, 6) is -0.545. The van der Waals surface area contributed by atoms with E-state index in [2.05, 4.69) is 15.4 Å².